The van der Waals surface area contributed by atoms with Crippen LogP contribution >= 0.6 is 15.8 Å². The predicted octanol–water partition coefficient (Wildman–Crippen LogP) is 7.84. The van der Waals surface area contributed by atoms with Crippen LogP contribution in [0.5, 0.6) is 0 Å². The highest BCUT2D eigenvalue weighted by molar-refractivity contribution is 7.80. The topological polar surface area (TPSA) is 0 Å². The highest BCUT2D eigenvalue weighted by atomic mass is 31.1. The fourth-order valence-electron chi connectivity index (χ4n) is 5.00. The van der Waals surface area contributed by atoms with Crippen molar-refractivity contribution >= 4 is 42.4 Å². The first-order valence-corrected chi connectivity index (χ1v) is 16.4. The summed E-state index contributed by atoms with van der Waals surface area (Å²) in [7, 11) is -1.20. The first kappa shape index (κ1) is 25.5. The molecule has 0 aliphatic rings. The van der Waals surface area contributed by atoms with E-state index in [9.17, 15) is 0 Å². The maximum atomic E-state index is 2.48. The molecule has 0 spiro atoms. The molecule has 0 aromatic heterocycles. The van der Waals surface area contributed by atoms with Crippen LogP contribution in [0.4, 0.5) is 0 Å². The summed E-state index contributed by atoms with van der Waals surface area (Å²) >= 11 is 0. The Balaban J connectivity index is 1.54. The Hall–Kier alpha value is -3.82. The quantitative estimate of drug-likeness (QED) is 0.182. The molecule has 39 heavy (non-hydrogen) atoms. The lowest BCUT2D eigenvalue weighted by atomic mass is 9.99. The summed E-state index contributed by atoms with van der Waals surface area (Å²) in [6.45, 7) is 2.39. The van der Waals surface area contributed by atoms with Gasteiger partial charge in [0.2, 0.25) is 0 Å². The van der Waals surface area contributed by atoms with E-state index in [1.165, 1.54) is 48.8 Å². The van der Waals surface area contributed by atoms with E-state index < -0.39 is 15.8 Å². The van der Waals surface area contributed by atoms with E-state index in [1.807, 2.05) is 0 Å². The predicted molar refractivity (Wildman–Crippen MR) is 175 cm³/mol. The van der Waals surface area contributed by atoms with Gasteiger partial charge in [0.05, 0.1) is 0 Å². The van der Waals surface area contributed by atoms with Gasteiger partial charge in [-0.05, 0) is 95.5 Å². The van der Waals surface area contributed by atoms with E-state index in [2.05, 4.69) is 170 Å². The van der Waals surface area contributed by atoms with Gasteiger partial charge in [-0.1, -0.05) is 140 Å². The average molecular weight is 537 g/mol. The van der Waals surface area contributed by atoms with Gasteiger partial charge in [0.25, 0.3) is 0 Å². The third kappa shape index (κ3) is 5.79. The molecular formula is C37H30P2. The Labute approximate surface area is 234 Å². The minimum atomic E-state index is -0.704. The second kappa shape index (κ2) is 11.9. The summed E-state index contributed by atoms with van der Waals surface area (Å²) in [4.78, 5) is 0. The van der Waals surface area contributed by atoms with Gasteiger partial charge < -0.3 is 0 Å². The molecule has 0 fully saturated rings. The number of hydrogen-bond acceptors (Lipinski definition) is 0. The van der Waals surface area contributed by atoms with Crippen molar-refractivity contribution in [3.8, 4) is 22.3 Å². The van der Waals surface area contributed by atoms with Crippen molar-refractivity contribution in [2.45, 2.75) is 0 Å². The molecule has 188 valence electrons. The fourth-order valence-corrected chi connectivity index (χ4v) is 9.05. The fraction of sp³-hybridized carbons (Fsp3) is 0.0270. The molecule has 0 nitrogen and oxygen atoms in total. The third-order valence-electron chi connectivity index (χ3n) is 7.02. The Bertz CT molecular complexity index is 1610. The molecule has 0 aliphatic carbocycles. The maximum Gasteiger partial charge on any atom is -0.0134 e. The van der Waals surface area contributed by atoms with E-state index in [1.54, 1.807) is 0 Å². The van der Waals surface area contributed by atoms with E-state index in [0.717, 1.165) is 0 Å². The molecule has 0 N–H and O–H groups in total. The van der Waals surface area contributed by atoms with E-state index in [-0.39, 0.29) is 0 Å². The molecule has 0 amide bonds. The van der Waals surface area contributed by atoms with Crippen LogP contribution in [-0.2, 0) is 0 Å². The van der Waals surface area contributed by atoms with Gasteiger partial charge in [-0.25, -0.2) is 0 Å². The van der Waals surface area contributed by atoms with Gasteiger partial charge in [0.15, 0.2) is 0 Å². The second-order valence-corrected chi connectivity index (χ2v) is 14.0. The Morgan fingerprint density at radius 2 is 0.744 bits per heavy atom. The molecular weight excluding hydrogens is 506 g/mol. The normalized spacial score (nSPS) is 11.8. The first-order valence-electron chi connectivity index (χ1n) is 13.3. The van der Waals surface area contributed by atoms with Crippen molar-refractivity contribution in [2.75, 3.05) is 6.66 Å². The van der Waals surface area contributed by atoms with Crippen LogP contribution in [0, 0.1) is 0 Å². The van der Waals surface area contributed by atoms with Gasteiger partial charge in [-0.3, -0.25) is 0 Å². The summed E-state index contributed by atoms with van der Waals surface area (Å²) in [5.41, 5.74) is 5.03. The van der Waals surface area contributed by atoms with Crippen molar-refractivity contribution in [3.05, 3.63) is 164 Å². The summed E-state index contributed by atoms with van der Waals surface area (Å²) in [5.74, 6) is 0. The van der Waals surface area contributed by atoms with Crippen LogP contribution in [0.2, 0.25) is 0 Å². The highest BCUT2D eigenvalue weighted by Crippen LogP contribution is 2.37. The third-order valence-corrected chi connectivity index (χ3v) is 11.5. The lowest BCUT2D eigenvalue weighted by molar-refractivity contribution is 1.60. The van der Waals surface area contributed by atoms with Crippen molar-refractivity contribution in [1.82, 2.24) is 0 Å². The SMILES string of the molecule is CP(c1ccccc1)c1cc(-c2cccc(-c3ccccc3)c2)cc(P(c2ccccc2)c2ccccc2)c1. The van der Waals surface area contributed by atoms with Crippen LogP contribution in [0.1, 0.15) is 0 Å². The van der Waals surface area contributed by atoms with Crippen molar-refractivity contribution in [3.63, 3.8) is 0 Å². The van der Waals surface area contributed by atoms with E-state index in [4.69, 9.17) is 0 Å². The van der Waals surface area contributed by atoms with Gasteiger partial charge >= 0.3 is 0 Å². The highest BCUT2D eigenvalue weighted by Gasteiger charge is 2.20. The lowest BCUT2D eigenvalue weighted by Gasteiger charge is -2.23. The lowest BCUT2D eigenvalue weighted by Crippen LogP contribution is -2.24. The molecule has 0 radical (unpaired) electrons. The first-order chi connectivity index (χ1) is 19.3. The largest absolute Gasteiger partial charge is 0.0622 e. The maximum absolute atomic E-state index is 2.48. The Morgan fingerprint density at radius 1 is 0.308 bits per heavy atom. The summed E-state index contributed by atoms with van der Waals surface area (Å²) in [6, 6.07) is 60.0. The summed E-state index contributed by atoms with van der Waals surface area (Å²) < 4.78 is 0. The average Bonchev–Trinajstić information content (AvgIpc) is 3.03. The standard InChI is InChI=1S/C37H30P2/c1-38(33-19-8-3-9-20-33)36-26-32(31-18-14-17-30(25-31)29-15-6-2-7-16-29)27-37(28-36)39(34-21-10-4-11-22-34)35-23-12-5-13-24-35/h2-28H,1H3. The van der Waals surface area contributed by atoms with Crippen LogP contribution < -0.4 is 26.5 Å². The summed E-state index contributed by atoms with van der Waals surface area (Å²) in [5, 5.41) is 6.95. The van der Waals surface area contributed by atoms with Crippen LogP contribution in [-0.4, -0.2) is 6.66 Å². The van der Waals surface area contributed by atoms with Gasteiger partial charge in [0.1, 0.15) is 0 Å². The minimum Gasteiger partial charge on any atom is -0.0622 e. The zero-order valence-corrected chi connectivity index (χ0v) is 23.8. The van der Waals surface area contributed by atoms with Crippen molar-refractivity contribution in [2.24, 2.45) is 0 Å². The van der Waals surface area contributed by atoms with Gasteiger partial charge in [0, 0.05) is 0 Å². The number of hydrogen-bond donors (Lipinski definition) is 0. The van der Waals surface area contributed by atoms with Gasteiger partial charge in [-0.2, -0.15) is 0 Å². The molecule has 0 saturated heterocycles. The minimum absolute atomic E-state index is 0.497. The molecule has 0 aliphatic heterocycles. The molecule has 0 saturated carbocycles. The van der Waals surface area contributed by atoms with Gasteiger partial charge in [-0.15, -0.1) is 0 Å². The molecule has 6 aromatic rings. The van der Waals surface area contributed by atoms with E-state index in [0.29, 0.717) is 0 Å². The molecule has 6 rings (SSSR count). The summed E-state index contributed by atoms with van der Waals surface area (Å²) in [6.07, 6.45) is 0. The van der Waals surface area contributed by atoms with E-state index >= 15 is 0 Å². The molecule has 1 unspecified atom stereocenters. The molecule has 0 bridgehead atoms. The smallest absolute Gasteiger partial charge is 0.0134 e. The zero-order valence-electron chi connectivity index (χ0n) is 22.0. The molecule has 0 heterocycles. The number of benzene rings is 6. The van der Waals surface area contributed by atoms with Crippen LogP contribution in [0.15, 0.2) is 164 Å². The monoisotopic (exact) mass is 536 g/mol. The number of rotatable bonds is 7. The zero-order chi connectivity index (χ0) is 26.4. The Morgan fingerprint density at radius 3 is 1.31 bits per heavy atom. The van der Waals surface area contributed by atoms with Crippen molar-refractivity contribution in [1.29, 1.82) is 0 Å². The Kier molecular flexibility index (Phi) is 7.78. The molecule has 2 heteroatoms. The van der Waals surface area contributed by atoms with Crippen molar-refractivity contribution < 1.29 is 0 Å². The second-order valence-electron chi connectivity index (χ2n) is 9.59. The molecule has 1 atom stereocenters. The van der Waals surface area contributed by atoms with Crippen LogP contribution in [0.3, 0.4) is 0 Å². The molecule has 6 aromatic carbocycles. The van der Waals surface area contributed by atoms with Crippen LogP contribution in [0.25, 0.3) is 22.3 Å².